The smallest absolute Gasteiger partial charge is 0.248 e. The van der Waals surface area contributed by atoms with Gasteiger partial charge in [0, 0.05) is 17.1 Å². The summed E-state index contributed by atoms with van der Waals surface area (Å²) >= 11 is 6.09. The van der Waals surface area contributed by atoms with Gasteiger partial charge in [-0.2, -0.15) is 0 Å². The fourth-order valence-corrected chi connectivity index (χ4v) is 2.17. The molecule has 4 heteroatoms. The molecule has 2 unspecified atom stereocenters. The van der Waals surface area contributed by atoms with Crippen LogP contribution in [0.5, 0.6) is 0 Å². The minimum atomic E-state index is -0.446. The van der Waals surface area contributed by atoms with E-state index in [1.54, 1.807) is 12.1 Å². The maximum Gasteiger partial charge on any atom is 0.248 e. The second-order valence-corrected chi connectivity index (χ2v) is 5.18. The van der Waals surface area contributed by atoms with Crippen molar-refractivity contribution in [1.82, 2.24) is 5.32 Å². The van der Waals surface area contributed by atoms with Crippen LogP contribution >= 0.6 is 11.6 Å². The molecule has 0 saturated heterocycles. The molecule has 92 valence electrons. The molecule has 3 nitrogen and oxygen atoms in total. The van der Waals surface area contributed by atoms with Gasteiger partial charge in [0.15, 0.2) is 0 Å². The Morgan fingerprint density at radius 1 is 1.59 bits per heavy atom. The molecule has 0 radical (unpaired) electrons. The minimum Gasteiger partial charge on any atom is -0.366 e. The Labute approximate surface area is 106 Å². The fourth-order valence-electron chi connectivity index (χ4n) is 1.92. The van der Waals surface area contributed by atoms with Gasteiger partial charge in [-0.05, 0) is 42.5 Å². The van der Waals surface area contributed by atoms with E-state index in [-0.39, 0.29) is 0 Å². The van der Waals surface area contributed by atoms with Gasteiger partial charge in [-0.3, -0.25) is 4.79 Å². The van der Waals surface area contributed by atoms with E-state index in [1.807, 2.05) is 6.07 Å². The number of amides is 1. The summed E-state index contributed by atoms with van der Waals surface area (Å²) in [6.07, 6.45) is 1.32. The maximum atomic E-state index is 11.0. The summed E-state index contributed by atoms with van der Waals surface area (Å²) in [5, 5.41) is 3.98. The summed E-state index contributed by atoms with van der Waals surface area (Å²) in [6, 6.07) is 5.19. The Morgan fingerprint density at radius 3 is 2.82 bits per heavy atom. The predicted octanol–water partition coefficient (Wildman–Crippen LogP) is 2.18. The van der Waals surface area contributed by atoms with Crippen LogP contribution < -0.4 is 11.1 Å². The lowest BCUT2D eigenvalue weighted by molar-refractivity contribution is 0.100. The number of nitrogens with two attached hydrogens (primary N) is 1. The van der Waals surface area contributed by atoms with E-state index in [0.717, 1.165) is 30.5 Å². The molecule has 1 aromatic carbocycles. The molecule has 1 aromatic rings. The van der Waals surface area contributed by atoms with Crippen molar-refractivity contribution >= 4 is 17.5 Å². The second kappa shape index (κ2) is 5.07. The third-order valence-corrected chi connectivity index (χ3v) is 3.69. The first-order chi connectivity index (χ1) is 8.08. The van der Waals surface area contributed by atoms with E-state index in [4.69, 9.17) is 17.3 Å². The molecule has 1 aliphatic rings. The molecular formula is C13H17ClN2O. The largest absolute Gasteiger partial charge is 0.366 e. The highest BCUT2D eigenvalue weighted by Gasteiger charge is 2.31. The number of hydrogen-bond acceptors (Lipinski definition) is 2. The molecule has 2 atom stereocenters. The summed E-state index contributed by atoms with van der Waals surface area (Å²) in [5.41, 5.74) is 6.64. The molecular weight excluding hydrogens is 236 g/mol. The number of carbonyl (C=O) groups excluding carboxylic acids is 1. The van der Waals surface area contributed by atoms with Crippen molar-refractivity contribution in [2.24, 2.45) is 17.6 Å². The lowest BCUT2D eigenvalue weighted by Crippen LogP contribution is -2.17. The first kappa shape index (κ1) is 12.4. The zero-order chi connectivity index (χ0) is 12.4. The van der Waals surface area contributed by atoms with Gasteiger partial charge in [0.05, 0.1) is 0 Å². The summed E-state index contributed by atoms with van der Waals surface area (Å²) in [6.45, 7) is 4.04. The van der Waals surface area contributed by atoms with Crippen LogP contribution in [0, 0.1) is 11.8 Å². The van der Waals surface area contributed by atoms with Gasteiger partial charge < -0.3 is 11.1 Å². The average Bonchev–Trinajstić information content (AvgIpc) is 2.97. The van der Waals surface area contributed by atoms with Crippen LogP contribution in [0.4, 0.5) is 0 Å². The number of benzene rings is 1. The standard InChI is InChI=1S/C13H17ClN2O/c1-8-4-11(8)7-16-6-10-3-2-9(13(15)17)5-12(10)14/h2-3,5,8,11,16H,4,6-7H2,1H3,(H2,15,17). The molecule has 2 rings (SSSR count). The highest BCUT2D eigenvalue weighted by atomic mass is 35.5. The molecule has 0 heterocycles. The highest BCUT2D eigenvalue weighted by molar-refractivity contribution is 6.31. The van der Waals surface area contributed by atoms with Crippen LogP contribution in [0.25, 0.3) is 0 Å². The Bertz CT molecular complexity index is 433. The van der Waals surface area contributed by atoms with Crippen molar-refractivity contribution in [3.05, 3.63) is 34.3 Å². The maximum absolute atomic E-state index is 11.0. The van der Waals surface area contributed by atoms with Crippen LogP contribution in [0.3, 0.4) is 0 Å². The van der Waals surface area contributed by atoms with E-state index in [1.165, 1.54) is 6.42 Å². The topological polar surface area (TPSA) is 55.1 Å². The Hall–Kier alpha value is -1.06. The van der Waals surface area contributed by atoms with Crippen molar-refractivity contribution in [3.8, 4) is 0 Å². The highest BCUT2D eigenvalue weighted by Crippen LogP contribution is 2.36. The number of primary amides is 1. The van der Waals surface area contributed by atoms with Gasteiger partial charge in [-0.15, -0.1) is 0 Å². The molecule has 1 fully saturated rings. The molecule has 0 bridgehead atoms. The van der Waals surface area contributed by atoms with Gasteiger partial charge in [0.1, 0.15) is 0 Å². The lowest BCUT2D eigenvalue weighted by atomic mass is 10.1. The molecule has 0 spiro atoms. The lowest BCUT2D eigenvalue weighted by Gasteiger charge is -2.07. The molecule has 1 saturated carbocycles. The Balaban J connectivity index is 1.89. The van der Waals surface area contributed by atoms with E-state index in [0.29, 0.717) is 10.6 Å². The summed E-state index contributed by atoms with van der Waals surface area (Å²) in [5.74, 6) is 1.23. The average molecular weight is 253 g/mol. The minimum absolute atomic E-state index is 0.446. The van der Waals surface area contributed by atoms with Crippen molar-refractivity contribution in [2.45, 2.75) is 19.9 Å². The number of halogens is 1. The summed E-state index contributed by atoms with van der Waals surface area (Å²) in [7, 11) is 0. The van der Waals surface area contributed by atoms with E-state index < -0.39 is 5.91 Å². The van der Waals surface area contributed by atoms with Crippen LogP contribution in [0.1, 0.15) is 29.3 Å². The molecule has 0 aromatic heterocycles. The normalized spacial score (nSPS) is 22.5. The van der Waals surface area contributed by atoms with Crippen molar-refractivity contribution in [2.75, 3.05) is 6.54 Å². The van der Waals surface area contributed by atoms with Crippen LogP contribution in [-0.4, -0.2) is 12.5 Å². The summed E-state index contributed by atoms with van der Waals surface area (Å²) < 4.78 is 0. The van der Waals surface area contributed by atoms with E-state index >= 15 is 0 Å². The van der Waals surface area contributed by atoms with Crippen molar-refractivity contribution in [3.63, 3.8) is 0 Å². The van der Waals surface area contributed by atoms with Gasteiger partial charge in [0.25, 0.3) is 0 Å². The van der Waals surface area contributed by atoms with E-state index in [2.05, 4.69) is 12.2 Å². The molecule has 1 amide bonds. The van der Waals surface area contributed by atoms with E-state index in [9.17, 15) is 4.79 Å². The van der Waals surface area contributed by atoms with Crippen LogP contribution in [0.2, 0.25) is 5.02 Å². The number of nitrogens with one attached hydrogen (secondary N) is 1. The van der Waals surface area contributed by atoms with Crippen LogP contribution in [-0.2, 0) is 6.54 Å². The molecule has 1 aliphatic carbocycles. The predicted molar refractivity (Wildman–Crippen MR) is 68.9 cm³/mol. The quantitative estimate of drug-likeness (QED) is 0.844. The van der Waals surface area contributed by atoms with Gasteiger partial charge >= 0.3 is 0 Å². The summed E-state index contributed by atoms with van der Waals surface area (Å²) in [4.78, 5) is 11.0. The number of hydrogen-bond donors (Lipinski definition) is 2. The number of rotatable bonds is 5. The first-order valence-electron chi connectivity index (χ1n) is 5.87. The molecule has 17 heavy (non-hydrogen) atoms. The van der Waals surface area contributed by atoms with Gasteiger partial charge in [0.2, 0.25) is 5.91 Å². The Morgan fingerprint density at radius 2 is 2.29 bits per heavy atom. The second-order valence-electron chi connectivity index (χ2n) is 4.77. The third-order valence-electron chi connectivity index (χ3n) is 3.34. The van der Waals surface area contributed by atoms with Crippen molar-refractivity contribution < 1.29 is 4.79 Å². The zero-order valence-electron chi connectivity index (χ0n) is 9.87. The third kappa shape index (κ3) is 3.20. The number of carbonyl (C=O) groups is 1. The van der Waals surface area contributed by atoms with Gasteiger partial charge in [-0.25, -0.2) is 0 Å². The Kier molecular flexibility index (Phi) is 3.69. The first-order valence-corrected chi connectivity index (χ1v) is 6.24. The molecule has 0 aliphatic heterocycles. The molecule has 3 N–H and O–H groups in total. The SMILES string of the molecule is CC1CC1CNCc1ccc(C(N)=O)cc1Cl. The zero-order valence-corrected chi connectivity index (χ0v) is 10.6. The van der Waals surface area contributed by atoms with Crippen molar-refractivity contribution in [1.29, 1.82) is 0 Å². The monoisotopic (exact) mass is 252 g/mol. The fraction of sp³-hybridized carbons (Fsp3) is 0.462. The van der Waals surface area contributed by atoms with Gasteiger partial charge in [-0.1, -0.05) is 24.6 Å². The van der Waals surface area contributed by atoms with Crippen LogP contribution in [0.15, 0.2) is 18.2 Å².